The summed E-state index contributed by atoms with van der Waals surface area (Å²) < 4.78 is 48.0. The van der Waals surface area contributed by atoms with Crippen molar-refractivity contribution in [1.82, 2.24) is 0 Å². The highest BCUT2D eigenvalue weighted by Gasteiger charge is 2.41. The third kappa shape index (κ3) is 4.81. The zero-order valence-electron chi connectivity index (χ0n) is 13.1. The number of ether oxygens (including phenoxy) is 2. The Kier molecular flexibility index (Phi) is 6.74. The first-order chi connectivity index (χ1) is 11.5. The Morgan fingerprint density at radius 1 is 1.20 bits per heavy atom. The van der Waals surface area contributed by atoms with Crippen LogP contribution in [0.1, 0.15) is 30.9 Å². The number of halogens is 4. The van der Waals surface area contributed by atoms with Crippen LogP contribution in [0.4, 0.5) is 18.9 Å². The highest BCUT2D eigenvalue weighted by atomic mass is 35.5. The molecular weight excluding hydrogens is 371 g/mol. The summed E-state index contributed by atoms with van der Waals surface area (Å²) in [5, 5.41) is 10.3. The summed E-state index contributed by atoms with van der Waals surface area (Å²) in [5.41, 5.74) is -3.20. The van der Waals surface area contributed by atoms with E-state index in [9.17, 15) is 32.9 Å². The van der Waals surface area contributed by atoms with E-state index in [1.807, 2.05) is 0 Å². The van der Waals surface area contributed by atoms with Crippen LogP contribution in [0.2, 0.25) is 5.02 Å². The molecular formula is C14H13ClF3NO6. The molecule has 0 heterocycles. The largest absolute Gasteiger partial charge is 0.465 e. The number of rotatable bonds is 6. The van der Waals surface area contributed by atoms with E-state index in [0.29, 0.717) is 6.07 Å². The van der Waals surface area contributed by atoms with Crippen molar-refractivity contribution in [3.05, 3.63) is 38.4 Å². The van der Waals surface area contributed by atoms with Gasteiger partial charge in [-0.1, -0.05) is 11.6 Å². The number of nitro benzene ring substituents is 1. The topological polar surface area (TPSA) is 95.7 Å². The Balaban J connectivity index is 3.63. The molecule has 0 fully saturated rings. The average molecular weight is 384 g/mol. The van der Waals surface area contributed by atoms with Crippen LogP contribution in [-0.4, -0.2) is 30.1 Å². The standard InChI is InChI=1S/C14H13ClF3NO6/c1-3-24-12(20)11(13(21)25-4-2)7-5-9(15)8(14(16,17)18)6-10(7)19(22)23/h5-6,11H,3-4H2,1-2H3. The molecule has 0 aliphatic rings. The molecule has 0 amide bonds. The molecule has 0 N–H and O–H groups in total. The Bertz CT molecular complexity index is 674. The number of esters is 2. The number of hydrogen-bond donors (Lipinski definition) is 0. The fourth-order valence-corrected chi connectivity index (χ4v) is 2.26. The lowest BCUT2D eigenvalue weighted by molar-refractivity contribution is -0.385. The third-order valence-corrected chi connectivity index (χ3v) is 3.29. The van der Waals surface area contributed by atoms with Gasteiger partial charge in [-0.2, -0.15) is 13.2 Å². The van der Waals surface area contributed by atoms with Crippen LogP contribution in [-0.2, 0) is 25.2 Å². The lowest BCUT2D eigenvalue weighted by Crippen LogP contribution is -2.27. The van der Waals surface area contributed by atoms with E-state index < -0.39 is 50.8 Å². The Morgan fingerprint density at radius 3 is 2.04 bits per heavy atom. The minimum absolute atomic E-state index is 0.156. The Hall–Kier alpha value is -2.36. The second-order valence-corrected chi connectivity index (χ2v) is 4.99. The number of benzene rings is 1. The van der Waals surface area contributed by atoms with Crippen LogP contribution in [0.3, 0.4) is 0 Å². The summed E-state index contributed by atoms with van der Waals surface area (Å²) in [4.78, 5) is 34.1. The van der Waals surface area contributed by atoms with Crippen molar-refractivity contribution in [1.29, 1.82) is 0 Å². The number of hydrogen-bond acceptors (Lipinski definition) is 6. The molecule has 25 heavy (non-hydrogen) atoms. The molecule has 0 radical (unpaired) electrons. The molecule has 11 heteroatoms. The Labute approximate surface area is 144 Å². The number of nitro groups is 1. The lowest BCUT2D eigenvalue weighted by Gasteiger charge is -2.17. The van der Waals surface area contributed by atoms with E-state index in [1.54, 1.807) is 0 Å². The minimum Gasteiger partial charge on any atom is -0.465 e. The second kappa shape index (κ2) is 8.15. The van der Waals surface area contributed by atoms with E-state index in [1.165, 1.54) is 13.8 Å². The summed E-state index contributed by atoms with van der Waals surface area (Å²) in [6, 6.07) is 0.726. The number of carbonyl (C=O) groups excluding carboxylic acids is 2. The minimum atomic E-state index is -4.95. The van der Waals surface area contributed by atoms with Crippen molar-refractivity contribution in [2.45, 2.75) is 25.9 Å². The molecule has 0 bridgehead atoms. The van der Waals surface area contributed by atoms with Crippen LogP contribution >= 0.6 is 11.6 Å². The van der Waals surface area contributed by atoms with Crippen molar-refractivity contribution in [3.8, 4) is 0 Å². The predicted octanol–water partition coefficient (Wildman–Crippen LogP) is 3.48. The number of alkyl halides is 3. The number of nitrogens with zero attached hydrogens (tertiary/aromatic N) is 1. The van der Waals surface area contributed by atoms with Crippen molar-refractivity contribution < 1.29 is 37.2 Å². The zero-order valence-corrected chi connectivity index (χ0v) is 13.8. The predicted molar refractivity (Wildman–Crippen MR) is 79.1 cm³/mol. The molecule has 0 aliphatic carbocycles. The van der Waals surface area contributed by atoms with Crippen molar-refractivity contribution in [3.63, 3.8) is 0 Å². The van der Waals surface area contributed by atoms with Gasteiger partial charge in [-0.25, -0.2) is 0 Å². The fourth-order valence-electron chi connectivity index (χ4n) is 1.99. The molecule has 7 nitrogen and oxygen atoms in total. The monoisotopic (exact) mass is 383 g/mol. The maximum Gasteiger partial charge on any atom is 0.418 e. The van der Waals surface area contributed by atoms with Gasteiger partial charge in [0, 0.05) is 6.07 Å². The molecule has 0 unspecified atom stereocenters. The van der Waals surface area contributed by atoms with Crippen LogP contribution in [0.15, 0.2) is 12.1 Å². The highest BCUT2D eigenvalue weighted by molar-refractivity contribution is 6.31. The van der Waals surface area contributed by atoms with E-state index in [4.69, 9.17) is 11.6 Å². The fraction of sp³-hybridized carbons (Fsp3) is 0.429. The lowest BCUT2D eigenvalue weighted by atomic mass is 9.95. The van der Waals surface area contributed by atoms with Crippen molar-refractivity contribution >= 4 is 29.2 Å². The quantitative estimate of drug-likeness (QED) is 0.323. The van der Waals surface area contributed by atoms with Gasteiger partial charge in [0.25, 0.3) is 5.69 Å². The molecule has 0 saturated carbocycles. The van der Waals surface area contributed by atoms with Crippen LogP contribution < -0.4 is 0 Å². The van der Waals surface area contributed by atoms with Crippen molar-refractivity contribution in [2.75, 3.05) is 13.2 Å². The zero-order chi connectivity index (χ0) is 19.4. The first-order valence-corrected chi connectivity index (χ1v) is 7.30. The molecule has 1 aromatic carbocycles. The summed E-state index contributed by atoms with van der Waals surface area (Å²) in [7, 11) is 0. The molecule has 0 spiro atoms. The van der Waals surface area contributed by atoms with Gasteiger partial charge in [-0.15, -0.1) is 0 Å². The van der Waals surface area contributed by atoms with E-state index in [0.717, 1.165) is 0 Å². The molecule has 1 rings (SSSR count). The number of carbonyl (C=O) groups is 2. The summed E-state index contributed by atoms with van der Waals surface area (Å²) in [6.07, 6.45) is -4.95. The normalized spacial score (nSPS) is 11.3. The van der Waals surface area contributed by atoms with E-state index >= 15 is 0 Å². The molecule has 0 atom stereocenters. The van der Waals surface area contributed by atoms with Gasteiger partial charge in [0.2, 0.25) is 0 Å². The first kappa shape index (κ1) is 20.7. The van der Waals surface area contributed by atoms with Gasteiger partial charge < -0.3 is 9.47 Å². The van der Waals surface area contributed by atoms with E-state index in [2.05, 4.69) is 9.47 Å². The molecule has 0 aromatic heterocycles. The van der Waals surface area contributed by atoms with Crippen LogP contribution in [0.25, 0.3) is 0 Å². The molecule has 0 saturated heterocycles. The van der Waals surface area contributed by atoms with E-state index in [-0.39, 0.29) is 19.3 Å². The van der Waals surface area contributed by atoms with Gasteiger partial charge in [-0.3, -0.25) is 19.7 Å². The summed E-state index contributed by atoms with van der Waals surface area (Å²) >= 11 is 5.55. The summed E-state index contributed by atoms with van der Waals surface area (Å²) in [6.45, 7) is 2.54. The van der Waals surface area contributed by atoms with Gasteiger partial charge in [0.05, 0.1) is 34.3 Å². The van der Waals surface area contributed by atoms with Crippen LogP contribution in [0.5, 0.6) is 0 Å². The van der Waals surface area contributed by atoms with Gasteiger partial charge in [0.15, 0.2) is 5.92 Å². The molecule has 138 valence electrons. The average Bonchev–Trinajstić information content (AvgIpc) is 2.46. The third-order valence-electron chi connectivity index (χ3n) is 2.97. The maximum atomic E-state index is 12.9. The second-order valence-electron chi connectivity index (χ2n) is 4.58. The molecule has 0 aliphatic heterocycles. The first-order valence-electron chi connectivity index (χ1n) is 6.92. The van der Waals surface area contributed by atoms with Gasteiger partial charge >= 0.3 is 18.1 Å². The van der Waals surface area contributed by atoms with Gasteiger partial charge in [-0.05, 0) is 19.9 Å². The van der Waals surface area contributed by atoms with Crippen LogP contribution in [0, 0.1) is 10.1 Å². The van der Waals surface area contributed by atoms with Crippen molar-refractivity contribution in [2.24, 2.45) is 0 Å². The maximum absolute atomic E-state index is 12.9. The molecule has 1 aromatic rings. The van der Waals surface area contributed by atoms with Gasteiger partial charge in [0.1, 0.15) is 0 Å². The summed E-state index contributed by atoms with van der Waals surface area (Å²) in [5.74, 6) is -4.32. The highest BCUT2D eigenvalue weighted by Crippen LogP contribution is 2.40. The SMILES string of the molecule is CCOC(=O)C(C(=O)OCC)c1cc(Cl)c(C(F)(F)F)cc1[N+](=O)[O-]. The smallest absolute Gasteiger partial charge is 0.418 e. The Morgan fingerprint density at radius 2 is 1.68 bits per heavy atom.